The number of benzene rings is 1. The lowest BCUT2D eigenvalue weighted by atomic mass is 10.0. The molecule has 0 aliphatic carbocycles. The average Bonchev–Trinajstić information content (AvgIpc) is 3.12. The van der Waals surface area contributed by atoms with Crippen molar-refractivity contribution >= 4 is 15.8 Å². The van der Waals surface area contributed by atoms with Crippen LogP contribution in [0.2, 0.25) is 0 Å². The molecule has 1 unspecified atom stereocenters. The molecule has 1 aromatic heterocycles. The molecule has 1 heterocycles. The van der Waals surface area contributed by atoms with Gasteiger partial charge in [-0.15, -0.1) is 0 Å². The number of hydrogen-bond acceptors (Lipinski definition) is 5. The normalized spacial score (nSPS) is 14.6. The van der Waals surface area contributed by atoms with Gasteiger partial charge in [0.2, 0.25) is 0 Å². The lowest BCUT2D eigenvalue weighted by molar-refractivity contribution is 0.0386. The molecule has 0 aliphatic heterocycles. The third-order valence-corrected chi connectivity index (χ3v) is 5.31. The first-order chi connectivity index (χ1) is 12.6. The molecule has 2 aromatic rings. The molecular formula is C19H27N3O4S. The van der Waals surface area contributed by atoms with Crippen molar-refractivity contribution in [3.05, 3.63) is 53.5 Å². The monoisotopic (exact) mass is 393 g/mol. The molecule has 27 heavy (non-hydrogen) atoms. The van der Waals surface area contributed by atoms with Crippen molar-refractivity contribution in [1.29, 1.82) is 0 Å². The molecule has 1 aromatic carbocycles. The fourth-order valence-corrected chi connectivity index (χ4v) is 3.62. The summed E-state index contributed by atoms with van der Waals surface area (Å²) in [6.07, 6.45) is 2.72. The molecule has 8 heteroatoms. The molecule has 148 valence electrons. The Morgan fingerprint density at radius 1 is 1.30 bits per heavy atom. The Morgan fingerprint density at radius 3 is 2.59 bits per heavy atom. The first-order valence-corrected chi connectivity index (χ1v) is 10.6. The number of furan rings is 1. The molecule has 0 amide bonds. The number of rotatable bonds is 7. The minimum absolute atomic E-state index is 0.221. The van der Waals surface area contributed by atoms with Gasteiger partial charge in [0.05, 0.1) is 24.2 Å². The van der Waals surface area contributed by atoms with Crippen LogP contribution in [0, 0.1) is 6.92 Å². The first kappa shape index (κ1) is 21.0. The summed E-state index contributed by atoms with van der Waals surface area (Å²) in [4.78, 5) is 4.83. The number of sulfone groups is 1. The van der Waals surface area contributed by atoms with Crippen molar-refractivity contribution in [3.8, 4) is 0 Å². The van der Waals surface area contributed by atoms with E-state index in [1.807, 2.05) is 13.0 Å². The smallest absolute Gasteiger partial charge is 0.191 e. The molecule has 3 N–H and O–H groups in total. The minimum Gasteiger partial charge on any atom is -0.466 e. The Labute approximate surface area is 160 Å². The quantitative estimate of drug-likeness (QED) is 0.491. The summed E-state index contributed by atoms with van der Waals surface area (Å²) in [6.45, 7) is 6.65. The molecule has 0 radical (unpaired) electrons. The van der Waals surface area contributed by atoms with E-state index >= 15 is 0 Å². The topological polar surface area (TPSA) is 104 Å². The highest BCUT2D eigenvalue weighted by molar-refractivity contribution is 7.90. The Hall–Kier alpha value is -2.32. The molecule has 7 nitrogen and oxygen atoms in total. The first-order valence-electron chi connectivity index (χ1n) is 8.71. The molecule has 1 atom stereocenters. The van der Waals surface area contributed by atoms with Crippen molar-refractivity contribution in [2.75, 3.05) is 19.3 Å². The summed E-state index contributed by atoms with van der Waals surface area (Å²) in [7, 11) is -3.23. The van der Waals surface area contributed by atoms with E-state index in [1.165, 1.54) is 12.5 Å². The van der Waals surface area contributed by atoms with Crippen molar-refractivity contribution < 1.29 is 17.9 Å². The zero-order chi connectivity index (χ0) is 20.1. The van der Waals surface area contributed by atoms with Gasteiger partial charge in [0.25, 0.3) is 0 Å². The number of guanidine groups is 1. The molecule has 0 saturated heterocycles. The van der Waals surface area contributed by atoms with E-state index in [9.17, 15) is 13.5 Å². The number of nitrogens with zero attached hydrogens (tertiary/aromatic N) is 1. The van der Waals surface area contributed by atoms with Crippen LogP contribution >= 0.6 is 0 Å². The van der Waals surface area contributed by atoms with Crippen LogP contribution in [0.3, 0.4) is 0 Å². The molecular weight excluding hydrogens is 366 g/mol. The fraction of sp³-hybridized carbons (Fsp3) is 0.421. The second-order valence-corrected chi connectivity index (χ2v) is 8.66. The van der Waals surface area contributed by atoms with E-state index in [-0.39, 0.29) is 6.54 Å². The van der Waals surface area contributed by atoms with E-state index in [4.69, 9.17) is 4.42 Å². The molecule has 0 fully saturated rings. The molecule has 2 rings (SSSR count). The highest BCUT2D eigenvalue weighted by Gasteiger charge is 2.26. The zero-order valence-electron chi connectivity index (χ0n) is 16.1. The van der Waals surface area contributed by atoms with Crippen LogP contribution in [0.5, 0.6) is 0 Å². The Kier molecular flexibility index (Phi) is 6.67. The Morgan fingerprint density at radius 2 is 2.04 bits per heavy atom. The summed E-state index contributed by atoms with van der Waals surface area (Å²) in [5.41, 5.74) is 0.423. The number of nitrogens with one attached hydrogen (secondary N) is 2. The van der Waals surface area contributed by atoms with Crippen LogP contribution in [-0.4, -0.2) is 38.8 Å². The lowest BCUT2D eigenvalue weighted by Crippen LogP contribution is -2.44. The van der Waals surface area contributed by atoms with Crippen molar-refractivity contribution in [1.82, 2.24) is 10.6 Å². The Balaban J connectivity index is 2.08. The summed E-state index contributed by atoms with van der Waals surface area (Å²) < 4.78 is 28.7. The van der Waals surface area contributed by atoms with E-state index in [2.05, 4.69) is 15.6 Å². The molecule has 0 bridgehead atoms. The van der Waals surface area contributed by atoms with Crippen LogP contribution in [0.4, 0.5) is 0 Å². The SMILES string of the molecule is CCNC(=NCc1ccc(S(C)(=O)=O)c(C)c1)NCC(C)(O)c1ccco1. The van der Waals surface area contributed by atoms with Crippen LogP contribution in [0.25, 0.3) is 0 Å². The predicted molar refractivity (Wildman–Crippen MR) is 105 cm³/mol. The van der Waals surface area contributed by atoms with Gasteiger partial charge in [0.1, 0.15) is 11.4 Å². The predicted octanol–water partition coefficient (Wildman–Crippen LogP) is 1.95. The second kappa shape index (κ2) is 8.58. The fourth-order valence-electron chi connectivity index (χ4n) is 2.67. The highest BCUT2D eigenvalue weighted by Crippen LogP contribution is 2.20. The summed E-state index contributed by atoms with van der Waals surface area (Å²) >= 11 is 0. The second-order valence-electron chi connectivity index (χ2n) is 6.67. The van der Waals surface area contributed by atoms with Crippen molar-refractivity contribution in [2.24, 2.45) is 4.99 Å². The summed E-state index contributed by atoms with van der Waals surface area (Å²) in [5, 5.41) is 16.7. The van der Waals surface area contributed by atoms with E-state index in [1.54, 1.807) is 38.1 Å². The van der Waals surface area contributed by atoms with Gasteiger partial charge < -0.3 is 20.2 Å². The van der Waals surface area contributed by atoms with E-state index < -0.39 is 15.4 Å². The Bertz CT molecular complexity index is 888. The zero-order valence-corrected chi connectivity index (χ0v) is 16.9. The standard InChI is InChI=1S/C19H27N3O4S/c1-5-20-18(22-13-19(3,23)17-7-6-10-26-17)21-12-15-8-9-16(14(2)11-15)27(4,24)25/h6-11,23H,5,12-13H2,1-4H3,(H2,20,21,22). The van der Waals surface area contributed by atoms with E-state index in [0.717, 1.165) is 5.56 Å². The van der Waals surface area contributed by atoms with Crippen LogP contribution < -0.4 is 10.6 Å². The van der Waals surface area contributed by atoms with Gasteiger partial charge >= 0.3 is 0 Å². The van der Waals surface area contributed by atoms with Crippen LogP contribution in [0.15, 0.2) is 50.9 Å². The summed E-state index contributed by atoms with van der Waals surface area (Å²) in [6, 6.07) is 8.64. The van der Waals surface area contributed by atoms with Gasteiger partial charge in [-0.25, -0.2) is 13.4 Å². The number of hydrogen-bond donors (Lipinski definition) is 3. The maximum atomic E-state index is 11.7. The largest absolute Gasteiger partial charge is 0.466 e. The molecule has 0 spiro atoms. The van der Waals surface area contributed by atoms with Crippen LogP contribution in [0.1, 0.15) is 30.7 Å². The maximum absolute atomic E-state index is 11.7. The number of aliphatic hydroxyl groups is 1. The number of aliphatic imine (C=N–C) groups is 1. The van der Waals surface area contributed by atoms with Gasteiger partial charge in [-0.05, 0) is 50.1 Å². The van der Waals surface area contributed by atoms with Gasteiger partial charge in [0.15, 0.2) is 15.8 Å². The van der Waals surface area contributed by atoms with Crippen LogP contribution in [-0.2, 0) is 22.0 Å². The summed E-state index contributed by atoms with van der Waals surface area (Å²) in [5.74, 6) is 1.02. The van der Waals surface area contributed by atoms with Gasteiger partial charge in [-0.1, -0.05) is 12.1 Å². The third kappa shape index (κ3) is 5.83. The highest BCUT2D eigenvalue weighted by atomic mass is 32.2. The average molecular weight is 394 g/mol. The number of aryl methyl sites for hydroxylation is 1. The van der Waals surface area contributed by atoms with Gasteiger partial charge in [-0.3, -0.25) is 0 Å². The molecule has 0 saturated carbocycles. The van der Waals surface area contributed by atoms with Gasteiger partial charge in [0, 0.05) is 12.8 Å². The molecule has 0 aliphatic rings. The van der Waals surface area contributed by atoms with E-state index in [0.29, 0.717) is 35.3 Å². The minimum atomic E-state index is -3.23. The van der Waals surface area contributed by atoms with Gasteiger partial charge in [-0.2, -0.15) is 0 Å². The lowest BCUT2D eigenvalue weighted by Gasteiger charge is -2.22. The van der Waals surface area contributed by atoms with Crippen molar-refractivity contribution in [3.63, 3.8) is 0 Å². The third-order valence-electron chi connectivity index (χ3n) is 4.05. The van der Waals surface area contributed by atoms with Crippen molar-refractivity contribution in [2.45, 2.75) is 37.8 Å². The maximum Gasteiger partial charge on any atom is 0.191 e.